The Morgan fingerprint density at radius 1 is 0.524 bits per heavy atom. The lowest BCUT2D eigenvalue weighted by atomic mass is 10.0. The number of benzene rings is 6. The minimum absolute atomic E-state index is 0.0144. The lowest BCUT2D eigenvalue weighted by Gasteiger charge is -2.31. The number of rotatable bonds is 24. The van der Waals surface area contributed by atoms with Crippen molar-refractivity contribution in [3.63, 3.8) is 0 Å². The summed E-state index contributed by atoms with van der Waals surface area (Å²) >= 11 is 0. The summed E-state index contributed by atoms with van der Waals surface area (Å²) < 4.78 is 0. The van der Waals surface area contributed by atoms with Gasteiger partial charge >= 0.3 is 0 Å². The van der Waals surface area contributed by atoms with Crippen LogP contribution in [0.2, 0.25) is 0 Å². The zero-order valence-electron chi connectivity index (χ0n) is 47.4. The van der Waals surface area contributed by atoms with Crippen molar-refractivity contribution in [2.24, 2.45) is 11.5 Å². The number of amides is 4. The molecule has 4 amide bonds. The number of nitrogens with one attached hydrogen (secondary N) is 4. The van der Waals surface area contributed by atoms with Crippen molar-refractivity contribution in [2.75, 3.05) is 39.3 Å². The van der Waals surface area contributed by atoms with Gasteiger partial charge in [0.05, 0.1) is 33.5 Å². The van der Waals surface area contributed by atoms with Crippen LogP contribution in [-0.2, 0) is 35.3 Å². The van der Waals surface area contributed by atoms with Gasteiger partial charge in [-0.2, -0.15) is 0 Å². The Bertz CT molecular complexity index is 3320. The van der Waals surface area contributed by atoms with Gasteiger partial charge in [-0.3, -0.25) is 29.1 Å². The minimum Gasteiger partial charge on any atom is -0.340 e. The summed E-state index contributed by atoms with van der Waals surface area (Å²) in [5.74, 6) is -1.14. The number of carbonyl (C=O) groups is 4. The topological polar surface area (TPSA) is 201 Å². The smallest absolute Gasteiger partial charge is 0.253 e. The van der Waals surface area contributed by atoms with Crippen molar-refractivity contribution in [3.05, 3.63) is 191 Å². The molecule has 0 aliphatic carbocycles. The van der Waals surface area contributed by atoms with E-state index in [0.717, 1.165) is 81.9 Å². The fraction of sp³-hybridized carbons (Fsp3) is 0.353. The van der Waals surface area contributed by atoms with Crippen LogP contribution >= 0.6 is 0 Å². The second kappa shape index (κ2) is 27.3. The maximum atomic E-state index is 15.1. The summed E-state index contributed by atoms with van der Waals surface area (Å²) in [4.78, 5) is 73.5. The van der Waals surface area contributed by atoms with Crippen LogP contribution in [0.25, 0.3) is 43.4 Å². The Balaban J connectivity index is 0.921. The van der Waals surface area contributed by atoms with Gasteiger partial charge in [0.15, 0.2) is 0 Å². The van der Waals surface area contributed by atoms with Crippen molar-refractivity contribution in [1.82, 2.24) is 41.0 Å². The maximum Gasteiger partial charge on any atom is 0.253 e. The number of aryl methyl sites for hydroxylation is 2. The molecule has 0 radical (unpaired) electrons. The average molecular weight is 1100 g/mol. The third-order valence-corrected chi connectivity index (χ3v) is 16.6. The van der Waals surface area contributed by atoms with Crippen LogP contribution in [0.5, 0.6) is 0 Å². The van der Waals surface area contributed by atoms with Gasteiger partial charge in [-0.1, -0.05) is 135 Å². The molecule has 6 atom stereocenters. The van der Waals surface area contributed by atoms with Gasteiger partial charge < -0.3 is 42.5 Å². The first kappa shape index (κ1) is 57.4. The van der Waals surface area contributed by atoms with Crippen LogP contribution in [0.3, 0.4) is 0 Å². The highest BCUT2D eigenvalue weighted by atomic mass is 16.2. The van der Waals surface area contributed by atoms with E-state index in [0.29, 0.717) is 74.6 Å². The first-order valence-corrected chi connectivity index (χ1v) is 29.6. The summed E-state index contributed by atoms with van der Waals surface area (Å²) in [5.41, 5.74) is 18.7. The van der Waals surface area contributed by atoms with E-state index in [2.05, 4.69) is 69.8 Å². The molecule has 8 aromatic rings. The van der Waals surface area contributed by atoms with E-state index in [-0.39, 0.29) is 60.6 Å². The quantitative estimate of drug-likeness (QED) is 0.0251. The summed E-state index contributed by atoms with van der Waals surface area (Å²) in [7, 11) is 0. The van der Waals surface area contributed by atoms with Crippen molar-refractivity contribution >= 4 is 67.0 Å². The number of hydrogen-bond acceptors (Lipinski definition) is 10. The van der Waals surface area contributed by atoms with Crippen molar-refractivity contribution in [1.29, 1.82) is 0 Å². The molecule has 6 aromatic carbocycles. The molecular formula is C68H78N10O4. The zero-order chi connectivity index (χ0) is 57.0. The van der Waals surface area contributed by atoms with Crippen molar-refractivity contribution in [2.45, 2.75) is 114 Å². The number of nitrogens with two attached hydrogens (primary N) is 2. The maximum absolute atomic E-state index is 15.1. The Morgan fingerprint density at radius 2 is 0.902 bits per heavy atom. The van der Waals surface area contributed by atoms with E-state index in [1.807, 2.05) is 133 Å². The summed E-state index contributed by atoms with van der Waals surface area (Å²) in [6, 6.07) is 46.5. The highest BCUT2D eigenvalue weighted by Gasteiger charge is 2.36. The number of aromatic nitrogens is 2. The molecular weight excluding hydrogens is 1020 g/mol. The third-order valence-electron chi connectivity index (χ3n) is 16.6. The Morgan fingerprint density at radius 3 is 1.28 bits per heavy atom. The first-order valence-electron chi connectivity index (χ1n) is 29.6. The number of fused-ring (bicyclic) bond motifs is 4. The normalized spacial score (nSPS) is 17.0. The number of nitrogens with zero attached hydrogens (tertiary/aromatic N) is 4. The molecule has 0 bridgehead atoms. The molecule has 1 unspecified atom stereocenters. The van der Waals surface area contributed by atoms with E-state index in [1.54, 1.807) is 0 Å². The van der Waals surface area contributed by atoms with Gasteiger partial charge in [-0.25, -0.2) is 0 Å². The van der Waals surface area contributed by atoms with Crippen LogP contribution in [0.1, 0.15) is 95.6 Å². The summed E-state index contributed by atoms with van der Waals surface area (Å²) in [5, 5.41) is 19.6. The molecule has 424 valence electrons. The molecule has 2 saturated heterocycles. The molecule has 2 aliphatic rings. The second-order valence-electron chi connectivity index (χ2n) is 22.2. The lowest BCUT2D eigenvalue weighted by molar-refractivity contribution is -0.134. The predicted molar refractivity (Wildman–Crippen MR) is 330 cm³/mol. The third kappa shape index (κ3) is 13.7. The zero-order valence-corrected chi connectivity index (χ0v) is 47.4. The molecule has 4 heterocycles. The van der Waals surface area contributed by atoms with E-state index in [9.17, 15) is 9.59 Å². The molecule has 2 aromatic heterocycles. The molecule has 2 aliphatic heterocycles. The number of hydrogen-bond donors (Lipinski definition) is 6. The molecule has 8 N–H and O–H groups in total. The standard InChI is InChI=1S/C68H78N10O4/c1-3-59-57(37-51-35-47-23-11-13-25-49(47)39-63(51)73-59)65(79)75-61(67(81)77-31-17-27-55(77)43-71-53(41-69)33-45-19-7-5-8-20-45)29-15-16-30-62(68(82)78-32-18-28-56(78)44-72-54(42-70)34-46-21-9-6-10-22-46)76-66(80)58-38-52-36-48-24-12-14-26-50(48)40-64(52)74-60(58)4-2/h5-16,19-26,35-40,53-56,61-62,71-72H,3-4,17-18,27-34,41-44,69-70H2,1-2H3,(H,75,79)(H,76,80)/t53-,54-,55-,56-,61-,62?/m0/s1. The van der Waals surface area contributed by atoms with Gasteiger partial charge in [0, 0.05) is 74.2 Å². The molecule has 10 rings (SSSR count). The van der Waals surface area contributed by atoms with Crippen LogP contribution < -0.4 is 32.7 Å². The Hall–Kier alpha value is -7.88. The van der Waals surface area contributed by atoms with Gasteiger partial charge in [-0.05, 0) is 133 Å². The fourth-order valence-electron chi connectivity index (χ4n) is 12.1. The van der Waals surface area contributed by atoms with E-state index in [4.69, 9.17) is 21.4 Å². The highest BCUT2D eigenvalue weighted by Crippen LogP contribution is 2.28. The van der Waals surface area contributed by atoms with E-state index in [1.165, 1.54) is 11.1 Å². The monoisotopic (exact) mass is 1100 g/mol. The van der Waals surface area contributed by atoms with Crippen LogP contribution in [-0.4, -0.2) is 119 Å². The van der Waals surface area contributed by atoms with Crippen LogP contribution in [0, 0.1) is 0 Å². The SMILES string of the molecule is CCc1nc2cc3ccccc3cc2cc1C(=O)NC(CC=CC[C@H](NC(=O)c1cc2cc3ccccc3cc2nc1CC)C(=O)N1CCC[C@H]1CN[C@H](CN)Cc1ccccc1)C(=O)N1CCC[C@H]1CN[C@H](CN)Cc1ccccc1. The number of pyridine rings is 2. The fourth-order valence-corrected chi connectivity index (χ4v) is 12.1. The largest absolute Gasteiger partial charge is 0.340 e. The number of likely N-dealkylation sites (tertiary alicyclic amines) is 2. The van der Waals surface area contributed by atoms with Gasteiger partial charge in [0.1, 0.15) is 12.1 Å². The molecule has 0 spiro atoms. The Labute approximate surface area is 481 Å². The molecule has 14 heteroatoms. The highest BCUT2D eigenvalue weighted by molar-refractivity contribution is 6.05. The van der Waals surface area contributed by atoms with E-state index >= 15 is 9.59 Å². The van der Waals surface area contributed by atoms with Gasteiger partial charge in [0.2, 0.25) is 11.8 Å². The van der Waals surface area contributed by atoms with Crippen molar-refractivity contribution < 1.29 is 19.2 Å². The molecule has 82 heavy (non-hydrogen) atoms. The predicted octanol–water partition coefficient (Wildman–Crippen LogP) is 8.75. The van der Waals surface area contributed by atoms with Crippen LogP contribution in [0.15, 0.2) is 158 Å². The number of carbonyl (C=O) groups excluding carboxylic acids is 4. The van der Waals surface area contributed by atoms with Crippen molar-refractivity contribution in [3.8, 4) is 0 Å². The lowest BCUT2D eigenvalue weighted by Crippen LogP contribution is -2.53. The van der Waals surface area contributed by atoms with E-state index < -0.39 is 12.1 Å². The average Bonchev–Trinajstić information content (AvgIpc) is 4.34. The summed E-state index contributed by atoms with van der Waals surface area (Å²) in [6.07, 6.45) is 9.82. The molecule has 14 nitrogen and oxygen atoms in total. The Kier molecular flexibility index (Phi) is 19.1. The van der Waals surface area contributed by atoms with Gasteiger partial charge in [-0.15, -0.1) is 0 Å². The second-order valence-corrected chi connectivity index (χ2v) is 22.2. The molecule has 2 fully saturated rings. The summed E-state index contributed by atoms with van der Waals surface area (Å²) in [6.45, 7) is 7.04. The minimum atomic E-state index is -0.952. The molecule has 0 saturated carbocycles. The van der Waals surface area contributed by atoms with Crippen LogP contribution in [0.4, 0.5) is 0 Å². The first-order chi connectivity index (χ1) is 40.1. The van der Waals surface area contributed by atoms with Gasteiger partial charge in [0.25, 0.3) is 11.8 Å².